The number of benzene rings is 1. The molecule has 12 heteroatoms. The van der Waals surface area contributed by atoms with Crippen LogP contribution in [0.4, 0.5) is 14.4 Å². The highest BCUT2D eigenvalue weighted by atomic mass is 16.8. The molecule has 0 aromatic heterocycles. The fraction of sp³-hybridized carbons (Fsp3) is 0.500. The Balaban J connectivity index is 1.38. The molecule has 0 amide bonds. The summed E-state index contributed by atoms with van der Waals surface area (Å²) in [5.74, 6) is 1.14. The molecule has 3 fully saturated rings. The van der Waals surface area contributed by atoms with Crippen molar-refractivity contribution in [2.45, 2.75) is 18.3 Å². The van der Waals surface area contributed by atoms with Crippen LogP contribution >= 0.6 is 0 Å². The van der Waals surface area contributed by atoms with Crippen molar-refractivity contribution in [3.63, 3.8) is 0 Å². The van der Waals surface area contributed by atoms with Gasteiger partial charge in [-0.2, -0.15) is 0 Å². The van der Waals surface area contributed by atoms with Crippen LogP contribution in [0.2, 0.25) is 0 Å². The number of rotatable bonds is 9. The first-order valence-electron chi connectivity index (χ1n) is 9.07. The Kier molecular flexibility index (Phi) is 5.82. The normalized spacial score (nSPS) is 24.8. The van der Waals surface area contributed by atoms with Crippen LogP contribution in [0.3, 0.4) is 0 Å². The number of hydrogen-bond acceptors (Lipinski definition) is 12. The highest BCUT2D eigenvalue weighted by Gasteiger charge is 2.28. The molecular formula is C18H18O12. The molecule has 3 atom stereocenters. The van der Waals surface area contributed by atoms with Crippen molar-refractivity contribution < 1.29 is 57.0 Å². The third-order valence-corrected chi connectivity index (χ3v) is 4.11. The van der Waals surface area contributed by atoms with Crippen molar-refractivity contribution in [1.29, 1.82) is 0 Å². The van der Waals surface area contributed by atoms with Crippen LogP contribution in [0.5, 0.6) is 17.2 Å². The summed E-state index contributed by atoms with van der Waals surface area (Å²) in [6, 6.07) is 4.79. The van der Waals surface area contributed by atoms with Crippen LogP contribution in [0, 0.1) is 0 Å². The third-order valence-electron chi connectivity index (χ3n) is 4.11. The van der Waals surface area contributed by atoms with Gasteiger partial charge in [-0.05, 0) is 0 Å². The third kappa shape index (κ3) is 5.27. The van der Waals surface area contributed by atoms with E-state index in [0.717, 1.165) is 0 Å². The predicted octanol–water partition coefficient (Wildman–Crippen LogP) is 1.43. The maximum absolute atomic E-state index is 11.0. The summed E-state index contributed by atoms with van der Waals surface area (Å²) in [4.78, 5) is 33.0. The van der Waals surface area contributed by atoms with E-state index in [9.17, 15) is 14.4 Å². The Morgan fingerprint density at radius 2 is 0.900 bits per heavy atom. The molecule has 4 rings (SSSR count). The van der Waals surface area contributed by atoms with Gasteiger partial charge in [-0.1, -0.05) is 0 Å². The van der Waals surface area contributed by atoms with Crippen LogP contribution in [0.15, 0.2) is 18.2 Å². The zero-order chi connectivity index (χ0) is 20.9. The molecule has 1 aromatic carbocycles. The first kappa shape index (κ1) is 19.7. The fourth-order valence-electron chi connectivity index (χ4n) is 2.70. The van der Waals surface area contributed by atoms with Gasteiger partial charge in [-0.15, -0.1) is 0 Å². The topological polar surface area (TPSA) is 134 Å². The number of cyclic esters (lactones) is 6. The quantitative estimate of drug-likeness (QED) is 0.417. The second-order valence-corrected chi connectivity index (χ2v) is 6.48. The molecular weight excluding hydrogens is 408 g/mol. The maximum atomic E-state index is 11.0. The van der Waals surface area contributed by atoms with Gasteiger partial charge in [-0.25, -0.2) is 14.4 Å². The average molecular weight is 426 g/mol. The molecule has 0 bridgehead atoms. The smallest absolute Gasteiger partial charge is 0.489 e. The zero-order valence-electron chi connectivity index (χ0n) is 15.6. The second kappa shape index (κ2) is 8.84. The minimum Gasteiger partial charge on any atom is -0.489 e. The van der Waals surface area contributed by atoms with Gasteiger partial charge < -0.3 is 42.6 Å². The van der Waals surface area contributed by atoms with E-state index in [1.807, 2.05) is 0 Å². The molecule has 12 nitrogen and oxygen atoms in total. The lowest BCUT2D eigenvalue weighted by molar-refractivity contribution is 0.0954. The van der Waals surface area contributed by atoms with E-state index in [4.69, 9.17) is 42.6 Å². The van der Waals surface area contributed by atoms with Crippen molar-refractivity contribution in [1.82, 2.24) is 0 Å². The van der Waals surface area contributed by atoms with E-state index in [-0.39, 0.29) is 39.6 Å². The van der Waals surface area contributed by atoms with Crippen LogP contribution in [-0.4, -0.2) is 76.4 Å². The van der Waals surface area contributed by atoms with Crippen molar-refractivity contribution >= 4 is 18.5 Å². The van der Waals surface area contributed by atoms with Crippen LogP contribution in [0.25, 0.3) is 0 Å². The molecule has 3 aliphatic rings. The molecule has 0 radical (unpaired) electrons. The molecule has 3 saturated heterocycles. The lowest BCUT2D eigenvalue weighted by Gasteiger charge is -2.15. The molecule has 0 spiro atoms. The van der Waals surface area contributed by atoms with Gasteiger partial charge in [0.25, 0.3) is 0 Å². The Labute approximate surface area is 169 Å². The Morgan fingerprint density at radius 3 is 1.13 bits per heavy atom. The average Bonchev–Trinajstić information content (AvgIpc) is 3.45. The number of carbonyl (C=O) groups excluding carboxylic acids is 3. The SMILES string of the molecule is O=C1OCC(COc2cc(OCC3COC(=O)O3)cc(OCC3COC(=O)O3)c2)O1. The Hall–Kier alpha value is -3.57. The van der Waals surface area contributed by atoms with Gasteiger partial charge in [0, 0.05) is 18.2 Å². The minimum absolute atomic E-state index is 0.0663. The first-order chi connectivity index (χ1) is 14.5. The van der Waals surface area contributed by atoms with Crippen molar-refractivity contribution in [3.8, 4) is 17.2 Å². The van der Waals surface area contributed by atoms with Crippen molar-refractivity contribution in [2.24, 2.45) is 0 Å². The highest BCUT2D eigenvalue weighted by molar-refractivity contribution is 5.62. The molecule has 3 heterocycles. The minimum atomic E-state index is -0.744. The van der Waals surface area contributed by atoms with Crippen molar-refractivity contribution in [2.75, 3.05) is 39.6 Å². The predicted molar refractivity (Wildman–Crippen MR) is 91.6 cm³/mol. The molecule has 0 N–H and O–H groups in total. The molecule has 3 unspecified atom stereocenters. The first-order valence-corrected chi connectivity index (χ1v) is 9.07. The van der Waals surface area contributed by atoms with Crippen LogP contribution < -0.4 is 14.2 Å². The van der Waals surface area contributed by atoms with Gasteiger partial charge >= 0.3 is 18.5 Å². The molecule has 0 aliphatic carbocycles. The van der Waals surface area contributed by atoms with Gasteiger partial charge in [0.15, 0.2) is 18.3 Å². The molecule has 3 aliphatic heterocycles. The van der Waals surface area contributed by atoms with E-state index < -0.39 is 36.8 Å². The molecule has 30 heavy (non-hydrogen) atoms. The van der Waals surface area contributed by atoms with Gasteiger partial charge in [0.2, 0.25) is 0 Å². The Bertz CT molecular complexity index is 691. The lowest BCUT2D eigenvalue weighted by Crippen LogP contribution is -2.21. The van der Waals surface area contributed by atoms with E-state index in [0.29, 0.717) is 17.2 Å². The van der Waals surface area contributed by atoms with Crippen LogP contribution in [-0.2, 0) is 28.4 Å². The molecule has 162 valence electrons. The van der Waals surface area contributed by atoms with Gasteiger partial charge in [-0.3, -0.25) is 0 Å². The summed E-state index contributed by atoms with van der Waals surface area (Å²) in [6.45, 7) is 0.486. The van der Waals surface area contributed by atoms with Crippen LogP contribution in [0.1, 0.15) is 0 Å². The van der Waals surface area contributed by atoms with Gasteiger partial charge in [0.1, 0.15) is 56.9 Å². The lowest BCUT2D eigenvalue weighted by atomic mass is 10.3. The van der Waals surface area contributed by atoms with E-state index in [2.05, 4.69) is 0 Å². The fourth-order valence-corrected chi connectivity index (χ4v) is 2.70. The summed E-state index contributed by atoms with van der Waals surface area (Å²) >= 11 is 0. The zero-order valence-corrected chi connectivity index (χ0v) is 15.6. The van der Waals surface area contributed by atoms with Gasteiger partial charge in [0.05, 0.1) is 0 Å². The number of carbonyl (C=O) groups is 3. The Morgan fingerprint density at radius 1 is 0.600 bits per heavy atom. The summed E-state index contributed by atoms with van der Waals surface area (Å²) in [6.07, 6.45) is -3.83. The highest BCUT2D eigenvalue weighted by Crippen LogP contribution is 2.29. The number of ether oxygens (including phenoxy) is 9. The monoisotopic (exact) mass is 426 g/mol. The summed E-state index contributed by atoms with van der Waals surface area (Å²) in [5, 5.41) is 0. The van der Waals surface area contributed by atoms with E-state index in [1.54, 1.807) is 18.2 Å². The maximum Gasteiger partial charge on any atom is 0.508 e. The van der Waals surface area contributed by atoms with E-state index >= 15 is 0 Å². The second-order valence-electron chi connectivity index (χ2n) is 6.48. The summed E-state index contributed by atoms with van der Waals surface area (Å²) in [7, 11) is 0. The largest absolute Gasteiger partial charge is 0.508 e. The molecule has 0 saturated carbocycles. The summed E-state index contributed by atoms with van der Waals surface area (Å²) < 4.78 is 45.9. The molecule has 1 aromatic rings. The number of hydrogen-bond donors (Lipinski definition) is 0. The standard InChI is InChI=1S/C18H18O12/c19-16-25-7-13(28-16)4-22-10-1-11(23-5-14-8-26-17(20)29-14)3-12(2-10)24-6-15-9-27-18(21)30-15/h1-3,13-15H,4-9H2. The van der Waals surface area contributed by atoms with Crippen molar-refractivity contribution in [3.05, 3.63) is 18.2 Å². The summed E-state index contributed by atoms with van der Waals surface area (Å²) in [5.41, 5.74) is 0. The van der Waals surface area contributed by atoms with E-state index in [1.165, 1.54) is 0 Å².